The lowest BCUT2D eigenvalue weighted by molar-refractivity contribution is 0.0977. The van der Waals surface area contributed by atoms with E-state index in [9.17, 15) is 4.79 Å². The number of rotatable bonds is 5. The quantitative estimate of drug-likeness (QED) is 0.577. The molecule has 0 N–H and O–H groups in total. The minimum atomic E-state index is 0.0869. The van der Waals surface area contributed by atoms with Crippen LogP contribution in [0.15, 0.2) is 84.9 Å². The summed E-state index contributed by atoms with van der Waals surface area (Å²) in [5.74, 6) is 0.268. The van der Waals surface area contributed by atoms with Crippen molar-refractivity contribution in [1.82, 2.24) is 0 Å². The van der Waals surface area contributed by atoms with E-state index in [1.807, 2.05) is 48.5 Å². The second-order valence-corrected chi connectivity index (χ2v) is 5.87. The van der Waals surface area contributed by atoms with Crippen LogP contribution in [0, 0.1) is 6.92 Å². The second kappa shape index (κ2) is 7.06. The van der Waals surface area contributed by atoms with Crippen molar-refractivity contribution in [2.45, 2.75) is 19.3 Å². The van der Waals surface area contributed by atoms with E-state index < -0.39 is 0 Å². The fourth-order valence-electron chi connectivity index (χ4n) is 2.93. The van der Waals surface area contributed by atoms with Crippen molar-refractivity contribution in [3.8, 4) is 0 Å². The van der Waals surface area contributed by atoms with Crippen molar-refractivity contribution >= 4 is 5.78 Å². The minimum Gasteiger partial charge on any atom is -0.294 e. The SMILES string of the molecule is Cc1cccc([C@@H](CC(=O)c2ccccc2)c2ccccc2)c1. The summed E-state index contributed by atoms with van der Waals surface area (Å²) in [4.78, 5) is 12.7. The van der Waals surface area contributed by atoms with Gasteiger partial charge in [0.15, 0.2) is 5.78 Å². The predicted molar refractivity (Wildman–Crippen MR) is 94.9 cm³/mol. The Hall–Kier alpha value is -2.67. The summed E-state index contributed by atoms with van der Waals surface area (Å²) < 4.78 is 0. The topological polar surface area (TPSA) is 17.1 Å². The fourth-order valence-corrected chi connectivity index (χ4v) is 2.93. The fraction of sp³-hybridized carbons (Fsp3) is 0.136. The normalized spacial score (nSPS) is 11.9. The van der Waals surface area contributed by atoms with Gasteiger partial charge in [-0.05, 0) is 18.1 Å². The van der Waals surface area contributed by atoms with Gasteiger partial charge in [-0.1, -0.05) is 90.5 Å². The van der Waals surface area contributed by atoms with Crippen molar-refractivity contribution in [3.05, 3.63) is 107 Å². The van der Waals surface area contributed by atoms with Gasteiger partial charge in [0.2, 0.25) is 0 Å². The molecule has 0 saturated heterocycles. The molecule has 1 nitrogen and oxygen atoms in total. The number of Topliss-reactive ketones (excluding diaryl/α,β-unsaturated/α-hetero) is 1. The van der Waals surface area contributed by atoms with E-state index in [2.05, 4.69) is 43.3 Å². The van der Waals surface area contributed by atoms with Crippen LogP contribution in [0.4, 0.5) is 0 Å². The first-order valence-electron chi connectivity index (χ1n) is 7.94. The molecule has 0 bridgehead atoms. The van der Waals surface area contributed by atoms with Crippen molar-refractivity contribution < 1.29 is 4.79 Å². The Morgan fingerprint density at radius 2 is 1.39 bits per heavy atom. The Labute approximate surface area is 137 Å². The van der Waals surface area contributed by atoms with Crippen LogP contribution >= 0.6 is 0 Å². The van der Waals surface area contributed by atoms with Gasteiger partial charge in [-0.25, -0.2) is 0 Å². The third-order valence-electron chi connectivity index (χ3n) is 4.13. The molecule has 3 aromatic rings. The molecule has 114 valence electrons. The molecule has 1 heteroatoms. The van der Waals surface area contributed by atoms with Gasteiger partial charge >= 0.3 is 0 Å². The molecule has 0 fully saturated rings. The Morgan fingerprint density at radius 1 is 0.783 bits per heavy atom. The highest BCUT2D eigenvalue weighted by Gasteiger charge is 2.19. The standard InChI is InChI=1S/C22H20O/c1-17-9-8-14-20(15-17)21(18-10-4-2-5-11-18)16-22(23)19-12-6-3-7-13-19/h2-15,21H,16H2,1H3/t21-/m0/s1. The first-order valence-corrected chi connectivity index (χ1v) is 7.94. The van der Waals surface area contributed by atoms with Gasteiger partial charge in [-0.15, -0.1) is 0 Å². The highest BCUT2D eigenvalue weighted by Crippen LogP contribution is 2.29. The Balaban J connectivity index is 1.94. The van der Waals surface area contributed by atoms with Crippen molar-refractivity contribution in [2.24, 2.45) is 0 Å². The smallest absolute Gasteiger partial charge is 0.163 e. The molecule has 3 aromatic carbocycles. The molecule has 0 aromatic heterocycles. The molecule has 0 aliphatic rings. The Bertz CT molecular complexity index is 775. The summed E-state index contributed by atoms with van der Waals surface area (Å²) in [5.41, 5.74) is 4.37. The van der Waals surface area contributed by atoms with Crippen LogP contribution in [-0.2, 0) is 0 Å². The number of carbonyl (C=O) groups excluding carboxylic acids is 1. The van der Waals surface area contributed by atoms with Crippen LogP contribution < -0.4 is 0 Å². The van der Waals surface area contributed by atoms with E-state index in [0.717, 1.165) is 5.56 Å². The average molecular weight is 300 g/mol. The van der Waals surface area contributed by atoms with Crippen molar-refractivity contribution in [3.63, 3.8) is 0 Å². The maximum absolute atomic E-state index is 12.7. The Morgan fingerprint density at radius 3 is 2.04 bits per heavy atom. The number of hydrogen-bond donors (Lipinski definition) is 0. The number of carbonyl (C=O) groups is 1. The second-order valence-electron chi connectivity index (χ2n) is 5.87. The monoisotopic (exact) mass is 300 g/mol. The van der Waals surface area contributed by atoms with E-state index in [0.29, 0.717) is 6.42 Å². The lowest BCUT2D eigenvalue weighted by atomic mass is 9.85. The van der Waals surface area contributed by atoms with Crippen LogP contribution in [0.1, 0.15) is 39.4 Å². The third kappa shape index (κ3) is 3.75. The molecule has 3 rings (SSSR count). The molecule has 0 spiro atoms. The van der Waals surface area contributed by atoms with Crippen LogP contribution in [0.5, 0.6) is 0 Å². The molecule has 0 unspecified atom stereocenters. The zero-order chi connectivity index (χ0) is 16.1. The van der Waals surface area contributed by atoms with E-state index in [1.54, 1.807) is 0 Å². The number of aryl methyl sites for hydroxylation is 1. The molecule has 23 heavy (non-hydrogen) atoms. The molecule has 0 aliphatic carbocycles. The highest BCUT2D eigenvalue weighted by atomic mass is 16.1. The van der Waals surface area contributed by atoms with Crippen LogP contribution in [0.25, 0.3) is 0 Å². The van der Waals surface area contributed by atoms with Gasteiger partial charge in [-0.2, -0.15) is 0 Å². The zero-order valence-corrected chi connectivity index (χ0v) is 13.3. The molecule has 0 aliphatic heterocycles. The average Bonchev–Trinajstić information content (AvgIpc) is 2.61. The van der Waals surface area contributed by atoms with E-state index in [4.69, 9.17) is 0 Å². The van der Waals surface area contributed by atoms with Crippen LogP contribution in [-0.4, -0.2) is 5.78 Å². The first-order chi connectivity index (χ1) is 11.2. The van der Waals surface area contributed by atoms with E-state index in [-0.39, 0.29) is 11.7 Å². The molecular formula is C22H20O. The summed E-state index contributed by atoms with van der Waals surface area (Å²) in [5, 5.41) is 0. The van der Waals surface area contributed by atoms with Crippen molar-refractivity contribution in [2.75, 3.05) is 0 Å². The number of ketones is 1. The summed E-state index contributed by atoms with van der Waals surface area (Å²) in [6, 6.07) is 28.3. The van der Waals surface area contributed by atoms with Crippen molar-refractivity contribution in [1.29, 1.82) is 0 Å². The van der Waals surface area contributed by atoms with Crippen LogP contribution in [0.3, 0.4) is 0 Å². The maximum Gasteiger partial charge on any atom is 0.163 e. The van der Waals surface area contributed by atoms with Gasteiger partial charge in [-0.3, -0.25) is 4.79 Å². The van der Waals surface area contributed by atoms with Gasteiger partial charge in [0.25, 0.3) is 0 Å². The summed E-state index contributed by atoms with van der Waals surface area (Å²) in [6.45, 7) is 2.09. The van der Waals surface area contributed by atoms with Gasteiger partial charge < -0.3 is 0 Å². The van der Waals surface area contributed by atoms with Gasteiger partial charge in [0.05, 0.1) is 0 Å². The first kappa shape index (κ1) is 15.2. The minimum absolute atomic E-state index is 0.0869. The summed E-state index contributed by atoms with van der Waals surface area (Å²) in [6.07, 6.45) is 0.484. The van der Waals surface area contributed by atoms with E-state index >= 15 is 0 Å². The summed E-state index contributed by atoms with van der Waals surface area (Å²) in [7, 11) is 0. The molecule has 0 amide bonds. The molecule has 0 heterocycles. The molecule has 0 saturated carbocycles. The highest BCUT2D eigenvalue weighted by molar-refractivity contribution is 5.96. The number of benzene rings is 3. The van der Waals surface area contributed by atoms with Gasteiger partial charge in [0, 0.05) is 17.9 Å². The predicted octanol–water partition coefficient (Wildman–Crippen LogP) is 5.40. The lowest BCUT2D eigenvalue weighted by Crippen LogP contribution is -2.09. The molecular weight excluding hydrogens is 280 g/mol. The molecule has 1 atom stereocenters. The third-order valence-corrected chi connectivity index (χ3v) is 4.13. The summed E-state index contributed by atoms with van der Waals surface area (Å²) >= 11 is 0. The zero-order valence-electron chi connectivity index (χ0n) is 13.3. The number of hydrogen-bond acceptors (Lipinski definition) is 1. The largest absolute Gasteiger partial charge is 0.294 e. The molecule has 0 radical (unpaired) electrons. The Kier molecular flexibility index (Phi) is 4.68. The maximum atomic E-state index is 12.7. The van der Waals surface area contributed by atoms with E-state index in [1.165, 1.54) is 16.7 Å². The lowest BCUT2D eigenvalue weighted by Gasteiger charge is -2.18. The van der Waals surface area contributed by atoms with Crippen LogP contribution in [0.2, 0.25) is 0 Å². The van der Waals surface area contributed by atoms with Gasteiger partial charge in [0.1, 0.15) is 0 Å².